The van der Waals surface area contributed by atoms with Crippen LogP contribution in [-0.4, -0.2) is 19.7 Å². The van der Waals surface area contributed by atoms with E-state index in [0.717, 1.165) is 23.9 Å². The van der Waals surface area contributed by atoms with Gasteiger partial charge in [0.25, 0.3) is 0 Å². The molecular weight excluding hydrogens is 276 g/mol. The minimum Gasteiger partial charge on any atom is -0.374 e. The third kappa shape index (κ3) is 1.98. The summed E-state index contributed by atoms with van der Waals surface area (Å²) in [5.41, 5.74) is 13.3. The van der Waals surface area contributed by atoms with E-state index in [9.17, 15) is 5.11 Å². The van der Waals surface area contributed by atoms with Gasteiger partial charge in [0.2, 0.25) is 0 Å². The Morgan fingerprint density at radius 2 is 2.27 bits per heavy atom. The van der Waals surface area contributed by atoms with Gasteiger partial charge < -0.3 is 15.8 Å². The molecule has 0 amide bonds. The topological polar surface area (TPSA) is 79.3 Å². The third-order valence-electron chi connectivity index (χ3n) is 4.47. The molecule has 1 unspecified atom stereocenters. The van der Waals surface area contributed by atoms with Crippen molar-refractivity contribution in [1.29, 1.82) is 0 Å². The Balaban J connectivity index is 1.83. The van der Waals surface area contributed by atoms with Gasteiger partial charge in [-0.25, -0.2) is 4.52 Å². The average Bonchev–Trinajstić information content (AvgIpc) is 3.13. The molecule has 1 aliphatic carbocycles. The van der Waals surface area contributed by atoms with Crippen LogP contribution in [0.15, 0.2) is 30.7 Å². The average molecular weight is 294 g/mol. The molecule has 0 aliphatic heterocycles. The number of fused-ring (bicyclic) bond motifs is 2. The fourth-order valence-corrected chi connectivity index (χ4v) is 3.19. The van der Waals surface area contributed by atoms with Crippen LogP contribution in [0.4, 0.5) is 0 Å². The van der Waals surface area contributed by atoms with E-state index in [1.54, 1.807) is 6.20 Å². The Kier molecular flexibility index (Phi) is 2.92. The largest absolute Gasteiger partial charge is 0.374 e. The molecule has 0 aromatic carbocycles. The van der Waals surface area contributed by atoms with Crippen molar-refractivity contribution in [3.8, 4) is 0 Å². The van der Waals surface area contributed by atoms with E-state index < -0.39 is 6.23 Å². The van der Waals surface area contributed by atoms with E-state index in [2.05, 4.69) is 28.3 Å². The zero-order valence-electron chi connectivity index (χ0n) is 12.4. The first-order valence-electron chi connectivity index (χ1n) is 7.42. The second-order valence-electron chi connectivity index (χ2n) is 5.81. The number of nitrogens with one attached hydrogen (secondary N) is 1. The van der Waals surface area contributed by atoms with E-state index in [1.165, 1.54) is 22.4 Å². The van der Waals surface area contributed by atoms with Crippen LogP contribution in [0, 0.1) is 6.92 Å². The van der Waals surface area contributed by atoms with Crippen molar-refractivity contribution >= 4 is 17.2 Å². The van der Waals surface area contributed by atoms with Crippen LogP contribution in [-0.2, 0) is 6.42 Å². The van der Waals surface area contributed by atoms with Crippen molar-refractivity contribution in [2.75, 3.05) is 0 Å². The van der Waals surface area contributed by atoms with Crippen LogP contribution in [0.3, 0.4) is 0 Å². The Bertz CT molecular complexity index is 885. The van der Waals surface area contributed by atoms with Crippen LogP contribution in [0.25, 0.3) is 17.2 Å². The number of aromatic amines is 1. The molecule has 5 heteroatoms. The van der Waals surface area contributed by atoms with Crippen LogP contribution in [0.1, 0.15) is 40.6 Å². The maximum Gasteiger partial charge on any atom is 0.130 e. The first-order valence-corrected chi connectivity index (χ1v) is 7.42. The van der Waals surface area contributed by atoms with Gasteiger partial charge in [-0.15, -0.1) is 0 Å². The molecule has 1 atom stereocenters. The monoisotopic (exact) mass is 294 g/mol. The van der Waals surface area contributed by atoms with Crippen LogP contribution >= 0.6 is 0 Å². The predicted molar refractivity (Wildman–Crippen MR) is 86.1 cm³/mol. The van der Waals surface area contributed by atoms with E-state index in [4.69, 9.17) is 5.73 Å². The molecule has 3 aromatic heterocycles. The van der Waals surface area contributed by atoms with Gasteiger partial charge in [-0.1, -0.05) is 0 Å². The van der Waals surface area contributed by atoms with Gasteiger partial charge >= 0.3 is 0 Å². The first kappa shape index (κ1) is 13.3. The molecule has 22 heavy (non-hydrogen) atoms. The van der Waals surface area contributed by atoms with Gasteiger partial charge in [-0.05, 0) is 60.2 Å². The molecule has 4 rings (SSSR count). The highest BCUT2D eigenvalue weighted by molar-refractivity contribution is 5.85. The molecule has 0 fully saturated rings. The lowest BCUT2D eigenvalue weighted by Crippen LogP contribution is -2.11. The van der Waals surface area contributed by atoms with Gasteiger partial charge in [0, 0.05) is 23.7 Å². The Morgan fingerprint density at radius 1 is 1.41 bits per heavy atom. The third-order valence-corrected chi connectivity index (χ3v) is 4.47. The van der Waals surface area contributed by atoms with E-state index in [0.29, 0.717) is 5.56 Å². The van der Waals surface area contributed by atoms with Gasteiger partial charge in [0.1, 0.15) is 6.23 Å². The number of aryl methyl sites for hydroxylation is 2. The SMILES string of the molecule is Cc1c(C(N)O)cnn2cc(C3=Cc4cc[nH]c4CC3)cc12. The molecule has 0 radical (unpaired) electrons. The first-order chi connectivity index (χ1) is 10.6. The Hall–Kier alpha value is -2.37. The summed E-state index contributed by atoms with van der Waals surface area (Å²) in [6, 6.07) is 4.23. The zero-order valence-corrected chi connectivity index (χ0v) is 12.4. The summed E-state index contributed by atoms with van der Waals surface area (Å²) in [7, 11) is 0. The standard InChI is InChI=1S/C17H18N4O/c1-10-14(17(18)22)8-20-21-9-13(7-16(10)21)11-2-3-15-12(6-11)4-5-19-15/h4-9,17,19,22H,2-3,18H2,1H3. The van der Waals surface area contributed by atoms with Crippen molar-refractivity contribution in [2.24, 2.45) is 5.73 Å². The molecule has 4 N–H and O–H groups in total. The van der Waals surface area contributed by atoms with Gasteiger partial charge in [-0.2, -0.15) is 5.10 Å². The van der Waals surface area contributed by atoms with Crippen molar-refractivity contribution in [2.45, 2.75) is 26.0 Å². The fourth-order valence-electron chi connectivity index (χ4n) is 3.19. The van der Waals surface area contributed by atoms with E-state index in [-0.39, 0.29) is 0 Å². The van der Waals surface area contributed by atoms with Crippen LogP contribution < -0.4 is 5.73 Å². The smallest absolute Gasteiger partial charge is 0.130 e. The van der Waals surface area contributed by atoms with Gasteiger partial charge in [0.05, 0.1) is 11.7 Å². The molecular formula is C17H18N4O. The number of hydrogen-bond donors (Lipinski definition) is 3. The Labute approximate surface area is 128 Å². The highest BCUT2D eigenvalue weighted by Crippen LogP contribution is 2.31. The second-order valence-corrected chi connectivity index (χ2v) is 5.81. The summed E-state index contributed by atoms with van der Waals surface area (Å²) < 4.78 is 1.85. The minimum absolute atomic E-state index is 0.669. The van der Waals surface area contributed by atoms with Crippen molar-refractivity contribution in [3.63, 3.8) is 0 Å². The van der Waals surface area contributed by atoms with Crippen molar-refractivity contribution in [3.05, 3.63) is 58.7 Å². The molecule has 112 valence electrons. The van der Waals surface area contributed by atoms with Crippen LogP contribution in [0.2, 0.25) is 0 Å². The summed E-state index contributed by atoms with van der Waals surface area (Å²) in [5, 5.41) is 14.0. The van der Waals surface area contributed by atoms with Gasteiger partial charge in [-0.3, -0.25) is 0 Å². The summed E-state index contributed by atoms with van der Waals surface area (Å²) >= 11 is 0. The molecule has 5 nitrogen and oxygen atoms in total. The van der Waals surface area contributed by atoms with E-state index in [1.807, 2.05) is 23.8 Å². The molecule has 0 saturated heterocycles. The molecule has 0 saturated carbocycles. The summed E-state index contributed by atoms with van der Waals surface area (Å²) in [5.74, 6) is 0. The quantitative estimate of drug-likeness (QED) is 0.635. The predicted octanol–water partition coefficient (Wildman–Crippen LogP) is 2.41. The number of hydrogen-bond acceptors (Lipinski definition) is 3. The molecule has 3 aromatic rings. The summed E-state index contributed by atoms with van der Waals surface area (Å²) in [6.45, 7) is 1.96. The lowest BCUT2D eigenvalue weighted by Gasteiger charge is -2.11. The summed E-state index contributed by atoms with van der Waals surface area (Å²) in [4.78, 5) is 3.28. The number of nitrogens with zero attached hydrogens (tertiary/aromatic N) is 2. The second kappa shape index (κ2) is 4.83. The number of rotatable bonds is 2. The minimum atomic E-state index is -0.993. The number of aromatic nitrogens is 3. The lowest BCUT2D eigenvalue weighted by atomic mass is 9.94. The summed E-state index contributed by atoms with van der Waals surface area (Å²) in [6.07, 6.45) is 8.94. The number of nitrogens with two attached hydrogens (primary N) is 1. The molecule has 0 spiro atoms. The highest BCUT2D eigenvalue weighted by atomic mass is 16.3. The Morgan fingerprint density at radius 3 is 3.09 bits per heavy atom. The maximum atomic E-state index is 9.62. The normalized spacial score (nSPS) is 15.7. The number of allylic oxidation sites excluding steroid dienone is 1. The number of aliphatic hydroxyl groups excluding tert-OH is 1. The zero-order chi connectivity index (χ0) is 15.3. The molecule has 3 heterocycles. The molecule has 1 aliphatic rings. The molecule has 0 bridgehead atoms. The van der Waals surface area contributed by atoms with Crippen molar-refractivity contribution < 1.29 is 5.11 Å². The van der Waals surface area contributed by atoms with Crippen LogP contribution in [0.5, 0.6) is 0 Å². The lowest BCUT2D eigenvalue weighted by molar-refractivity contribution is 0.185. The van der Waals surface area contributed by atoms with Gasteiger partial charge in [0.15, 0.2) is 0 Å². The van der Waals surface area contributed by atoms with Crippen molar-refractivity contribution in [1.82, 2.24) is 14.6 Å². The fraction of sp³-hybridized carbons (Fsp3) is 0.235. The number of aliphatic hydroxyl groups is 1. The maximum absolute atomic E-state index is 9.62. The highest BCUT2D eigenvalue weighted by Gasteiger charge is 2.16. The number of H-pyrrole nitrogens is 1. The van der Waals surface area contributed by atoms with E-state index >= 15 is 0 Å².